The summed E-state index contributed by atoms with van der Waals surface area (Å²) in [5.41, 5.74) is 14.7. The van der Waals surface area contributed by atoms with Gasteiger partial charge in [-0.1, -0.05) is 158 Å². The Morgan fingerprint density at radius 2 is 0.797 bits per heavy atom. The summed E-state index contributed by atoms with van der Waals surface area (Å²) in [6, 6.07) is 65.1. The average molecular weight is 955 g/mol. The second-order valence-electron chi connectivity index (χ2n) is 19.5. The van der Waals surface area contributed by atoms with Gasteiger partial charge in [-0.25, -0.2) is 0 Å². The van der Waals surface area contributed by atoms with Gasteiger partial charge in [0.1, 0.15) is 22.5 Å². The lowest BCUT2D eigenvalue weighted by molar-refractivity contribution is 0.564. The van der Waals surface area contributed by atoms with Crippen LogP contribution in [-0.4, -0.2) is 0 Å². The van der Waals surface area contributed by atoms with E-state index in [1.54, 1.807) is 0 Å². The van der Waals surface area contributed by atoms with Crippen LogP contribution in [0.5, 0.6) is 0 Å². The summed E-state index contributed by atoms with van der Waals surface area (Å²) in [5.74, 6) is 0.873. The van der Waals surface area contributed by atoms with E-state index in [1.807, 2.05) is 25.1 Å². The maximum absolute atomic E-state index is 7.00. The largest absolute Gasteiger partial charge is 0.458 e. The zero-order chi connectivity index (χ0) is 49.3. The molecule has 0 unspecified atom stereocenters. The predicted molar refractivity (Wildman–Crippen MR) is 309 cm³/mol. The molecule has 0 aliphatic heterocycles. The molecule has 6 nitrogen and oxygen atoms in total. The molecule has 0 saturated heterocycles. The molecule has 4 heterocycles. The van der Waals surface area contributed by atoms with Crippen LogP contribution in [0.3, 0.4) is 0 Å². The lowest BCUT2D eigenvalue weighted by Gasteiger charge is -2.29. The standard InChI is InChI=1S/C68H46N2O4/c1-5-15-43-45-22-11-26-55(65(45)71-59(43)16-6-2)69(57-28-13-24-49-47-20-9-17-39(3)63(47)73-67(49)57)53-37-33-41-32-36-52-54(38-34-42-31-35-51(53)61(41)62(42)52)70(56-27-12-23-46-44-19-7-8-30-60(44)72-66(46)56)58-29-14-25-50-48-21-10-18-40(4)64(48)74-68(50)58/h5-15,17-38H,2,16H2,1,3-4H3/b15-5-. The molecule has 4 aromatic heterocycles. The maximum atomic E-state index is 7.00. The number of fused-ring (bicyclic) bond motifs is 10. The minimum absolute atomic E-state index is 0.597. The SMILES string of the molecule is C=CCc1oc2c(N(c3ccc4ccc5c(N(c6cccc7c6oc6ccccc67)c6cccc7c6oc6c(C)cccc67)ccc6ccc3c4c65)c3cccc4c3oc3c(C)cccc34)cccc2c1/C=C\C. The Bertz CT molecular complexity index is 4850. The Morgan fingerprint density at radius 3 is 1.31 bits per heavy atom. The van der Waals surface area contributed by atoms with Crippen molar-refractivity contribution >= 4 is 149 Å². The van der Waals surface area contributed by atoms with Gasteiger partial charge in [0.05, 0.1) is 34.1 Å². The van der Waals surface area contributed by atoms with Crippen molar-refractivity contribution in [1.82, 2.24) is 0 Å². The fourth-order valence-electron chi connectivity index (χ4n) is 12.1. The highest BCUT2D eigenvalue weighted by Crippen LogP contribution is 2.53. The molecular formula is C68H46N2O4. The van der Waals surface area contributed by atoms with Gasteiger partial charge >= 0.3 is 0 Å². The van der Waals surface area contributed by atoms with E-state index < -0.39 is 0 Å². The van der Waals surface area contributed by atoms with E-state index in [9.17, 15) is 0 Å². The predicted octanol–water partition coefficient (Wildman–Crippen LogP) is 20.3. The third kappa shape index (κ3) is 5.93. The molecule has 15 rings (SSSR count). The first-order valence-corrected chi connectivity index (χ1v) is 25.3. The van der Waals surface area contributed by atoms with Crippen LogP contribution in [0.2, 0.25) is 0 Å². The van der Waals surface area contributed by atoms with Crippen LogP contribution >= 0.6 is 0 Å². The molecule has 15 aromatic rings. The molecule has 6 heteroatoms. The van der Waals surface area contributed by atoms with Gasteiger partial charge in [0.25, 0.3) is 0 Å². The number of rotatable bonds is 9. The van der Waals surface area contributed by atoms with E-state index in [-0.39, 0.29) is 0 Å². The molecule has 0 atom stereocenters. The zero-order valence-electron chi connectivity index (χ0n) is 41.0. The second-order valence-corrected chi connectivity index (χ2v) is 19.5. The van der Waals surface area contributed by atoms with Crippen molar-refractivity contribution in [3.05, 3.63) is 223 Å². The molecule has 0 amide bonds. The summed E-state index contributed by atoms with van der Waals surface area (Å²) in [6.45, 7) is 10.4. The van der Waals surface area contributed by atoms with Crippen molar-refractivity contribution in [3.63, 3.8) is 0 Å². The second kappa shape index (κ2) is 16.0. The summed E-state index contributed by atoms with van der Waals surface area (Å²) in [4.78, 5) is 4.71. The van der Waals surface area contributed by atoms with Crippen LogP contribution in [0.1, 0.15) is 29.4 Å². The fraction of sp³-hybridized carbons (Fsp3) is 0.0588. The minimum Gasteiger partial charge on any atom is -0.458 e. The number of furan rings is 4. The molecule has 0 radical (unpaired) electrons. The monoisotopic (exact) mass is 954 g/mol. The van der Waals surface area contributed by atoms with Gasteiger partial charge in [-0.3, -0.25) is 0 Å². The van der Waals surface area contributed by atoms with Crippen molar-refractivity contribution in [3.8, 4) is 0 Å². The van der Waals surface area contributed by atoms with Crippen LogP contribution in [0.25, 0.3) is 115 Å². The van der Waals surface area contributed by atoms with Crippen molar-refractivity contribution in [1.29, 1.82) is 0 Å². The average Bonchev–Trinajstić information content (AvgIpc) is 4.22. The number of anilines is 6. The van der Waals surface area contributed by atoms with Crippen LogP contribution < -0.4 is 9.80 Å². The molecule has 11 aromatic carbocycles. The summed E-state index contributed by atoms with van der Waals surface area (Å²) in [7, 11) is 0. The molecule has 0 spiro atoms. The number of hydrogen-bond donors (Lipinski definition) is 0. The smallest absolute Gasteiger partial charge is 0.159 e. The number of allylic oxidation sites excluding steroid dienone is 2. The van der Waals surface area contributed by atoms with Crippen LogP contribution in [0.4, 0.5) is 34.1 Å². The summed E-state index contributed by atoms with van der Waals surface area (Å²) >= 11 is 0. The quantitative estimate of drug-likeness (QED) is 0.106. The lowest BCUT2D eigenvalue weighted by atomic mass is 9.91. The van der Waals surface area contributed by atoms with E-state index >= 15 is 0 Å². The van der Waals surface area contributed by atoms with E-state index in [0.717, 1.165) is 166 Å². The highest BCUT2D eigenvalue weighted by atomic mass is 16.3. The summed E-state index contributed by atoms with van der Waals surface area (Å²) < 4.78 is 27.8. The van der Waals surface area contributed by atoms with Gasteiger partial charge in [-0.05, 0) is 95.9 Å². The molecular weight excluding hydrogens is 909 g/mol. The highest BCUT2D eigenvalue weighted by molar-refractivity contribution is 6.29. The molecule has 0 saturated carbocycles. The van der Waals surface area contributed by atoms with Gasteiger partial charge in [-0.2, -0.15) is 0 Å². The Kier molecular flexibility index (Phi) is 9.12. The van der Waals surface area contributed by atoms with E-state index in [0.29, 0.717) is 6.42 Å². The van der Waals surface area contributed by atoms with Crippen LogP contribution in [0, 0.1) is 13.8 Å². The highest BCUT2D eigenvalue weighted by Gasteiger charge is 2.29. The number of para-hydroxylation sites is 7. The van der Waals surface area contributed by atoms with Gasteiger partial charge in [0.15, 0.2) is 22.3 Å². The first kappa shape index (κ1) is 42.2. The molecule has 352 valence electrons. The maximum Gasteiger partial charge on any atom is 0.159 e. The number of aryl methyl sites for hydroxylation is 2. The number of hydrogen-bond acceptors (Lipinski definition) is 6. The molecule has 0 N–H and O–H groups in total. The Labute approximate surface area is 425 Å². The van der Waals surface area contributed by atoms with Crippen molar-refractivity contribution in [2.24, 2.45) is 0 Å². The summed E-state index contributed by atoms with van der Waals surface area (Å²) in [5, 5.41) is 14.2. The first-order valence-electron chi connectivity index (χ1n) is 25.3. The van der Waals surface area contributed by atoms with Crippen molar-refractivity contribution in [2.45, 2.75) is 27.2 Å². The minimum atomic E-state index is 0.597. The molecule has 0 aliphatic rings. The molecule has 0 bridgehead atoms. The van der Waals surface area contributed by atoms with Crippen LogP contribution in [-0.2, 0) is 6.42 Å². The first-order chi connectivity index (χ1) is 36.5. The third-order valence-corrected chi connectivity index (χ3v) is 15.3. The van der Waals surface area contributed by atoms with E-state index in [4.69, 9.17) is 17.7 Å². The number of benzene rings is 11. The molecule has 0 aliphatic carbocycles. The zero-order valence-corrected chi connectivity index (χ0v) is 41.0. The normalized spacial score (nSPS) is 12.3. The summed E-state index contributed by atoms with van der Waals surface area (Å²) in [6.07, 6.45) is 6.72. The van der Waals surface area contributed by atoms with Gasteiger partial charge in [0.2, 0.25) is 0 Å². The van der Waals surface area contributed by atoms with E-state index in [2.05, 4.69) is 212 Å². The molecule has 74 heavy (non-hydrogen) atoms. The Morgan fingerprint density at radius 1 is 0.378 bits per heavy atom. The third-order valence-electron chi connectivity index (χ3n) is 15.3. The van der Waals surface area contributed by atoms with Gasteiger partial charge in [0, 0.05) is 60.5 Å². The van der Waals surface area contributed by atoms with Crippen molar-refractivity contribution in [2.75, 3.05) is 9.80 Å². The lowest BCUT2D eigenvalue weighted by Crippen LogP contribution is -2.12. The Hall–Kier alpha value is -9.52. The molecule has 0 fully saturated rings. The number of nitrogens with zero attached hydrogens (tertiary/aromatic N) is 2. The van der Waals surface area contributed by atoms with Crippen molar-refractivity contribution < 1.29 is 17.7 Å². The van der Waals surface area contributed by atoms with Gasteiger partial charge < -0.3 is 27.5 Å². The van der Waals surface area contributed by atoms with Gasteiger partial charge in [-0.15, -0.1) is 6.58 Å². The van der Waals surface area contributed by atoms with Crippen LogP contribution in [0.15, 0.2) is 218 Å². The Balaban J connectivity index is 1.03. The topological polar surface area (TPSA) is 59.0 Å². The van der Waals surface area contributed by atoms with E-state index in [1.165, 1.54) is 0 Å². The fourth-order valence-corrected chi connectivity index (χ4v) is 12.1.